The van der Waals surface area contributed by atoms with Crippen LogP contribution in [0, 0.1) is 0 Å². The van der Waals surface area contributed by atoms with E-state index < -0.39 is 0 Å². The van der Waals surface area contributed by atoms with Crippen molar-refractivity contribution in [1.29, 1.82) is 0 Å². The van der Waals surface area contributed by atoms with Crippen LogP contribution in [0.15, 0.2) is 60.7 Å². The molecule has 0 aromatic heterocycles. The number of benzene rings is 4. The van der Waals surface area contributed by atoms with Gasteiger partial charge in [-0.25, -0.2) is 0 Å². The van der Waals surface area contributed by atoms with Crippen LogP contribution in [0.5, 0.6) is 34.5 Å². The molecule has 0 saturated heterocycles. The molecular weight excluding hydrogens is 458 g/mol. The highest BCUT2D eigenvalue weighted by molar-refractivity contribution is 6.06. The molecule has 3 aliphatic rings. The highest BCUT2D eigenvalue weighted by atomic mass is 16.7. The lowest BCUT2D eigenvalue weighted by Crippen LogP contribution is -2.27. The molecule has 180 valence electrons. The van der Waals surface area contributed by atoms with E-state index in [1.54, 1.807) is 13.2 Å². The van der Waals surface area contributed by atoms with Gasteiger partial charge in [-0.2, -0.15) is 0 Å². The van der Waals surface area contributed by atoms with Gasteiger partial charge in [0.05, 0.1) is 18.8 Å². The molecule has 3 aliphatic heterocycles. The molecule has 7 rings (SSSR count). The van der Waals surface area contributed by atoms with Crippen LogP contribution in [0.3, 0.4) is 0 Å². The van der Waals surface area contributed by atoms with Crippen molar-refractivity contribution in [3.8, 4) is 45.6 Å². The Morgan fingerprint density at radius 3 is 2.53 bits per heavy atom. The van der Waals surface area contributed by atoms with Crippen LogP contribution in [0.25, 0.3) is 28.0 Å². The molecule has 3 heterocycles. The maximum absolute atomic E-state index is 10.00. The first-order valence-electron chi connectivity index (χ1n) is 11.7. The SMILES string of the molecule is COc1cc(/C=C/[C@@H]2c3c(ccc4c3OCO4)-c3ccc4cc5c(cc4c3N2C)OCO5)ccc1O. The molecule has 0 unspecified atom stereocenters. The minimum atomic E-state index is -0.139. The standard InChI is InChI=1S/C29H23NO6/c1-30-21(8-3-16-4-9-22(31)24(11-16)32-2)27-18(7-10-23-29(27)36-15-33-23)19-6-5-17-12-25-26(35-14-34-25)13-20(17)28(19)30/h3-13,21,31H,14-15H2,1-2H3/b8-3+/t21-/m1/s1. The van der Waals surface area contributed by atoms with E-state index in [1.807, 2.05) is 30.3 Å². The number of phenols is 1. The Labute approximate surface area is 207 Å². The average Bonchev–Trinajstić information content (AvgIpc) is 3.56. The van der Waals surface area contributed by atoms with E-state index in [0.717, 1.165) is 61.7 Å². The van der Waals surface area contributed by atoms with Crippen molar-refractivity contribution in [2.45, 2.75) is 6.04 Å². The Morgan fingerprint density at radius 1 is 0.889 bits per heavy atom. The molecule has 0 aliphatic carbocycles. The molecule has 7 nitrogen and oxygen atoms in total. The van der Waals surface area contributed by atoms with Crippen molar-refractivity contribution in [2.24, 2.45) is 0 Å². The molecule has 0 radical (unpaired) electrons. The third kappa shape index (κ3) is 2.99. The van der Waals surface area contributed by atoms with Crippen LogP contribution in [0.4, 0.5) is 5.69 Å². The lowest BCUT2D eigenvalue weighted by molar-refractivity contribution is 0.173. The number of hydrogen-bond acceptors (Lipinski definition) is 7. The van der Waals surface area contributed by atoms with E-state index >= 15 is 0 Å². The number of likely N-dealkylation sites (N-methyl/N-ethyl adjacent to an activating group) is 1. The maximum atomic E-state index is 10.00. The highest BCUT2D eigenvalue weighted by Gasteiger charge is 2.35. The van der Waals surface area contributed by atoms with Crippen LogP contribution in [-0.2, 0) is 0 Å². The molecule has 0 fully saturated rings. The first-order valence-corrected chi connectivity index (χ1v) is 11.7. The second kappa shape index (κ2) is 7.75. The molecule has 1 atom stereocenters. The molecule has 0 amide bonds. The maximum Gasteiger partial charge on any atom is 0.231 e. The molecule has 4 aromatic rings. The Morgan fingerprint density at radius 2 is 1.67 bits per heavy atom. The molecule has 1 N–H and O–H groups in total. The van der Waals surface area contributed by atoms with E-state index in [9.17, 15) is 5.11 Å². The van der Waals surface area contributed by atoms with E-state index in [4.69, 9.17) is 23.7 Å². The smallest absolute Gasteiger partial charge is 0.231 e. The number of anilines is 1. The largest absolute Gasteiger partial charge is 0.504 e. The fraction of sp³-hybridized carbons (Fsp3) is 0.172. The van der Waals surface area contributed by atoms with Gasteiger partial charge in [0.15, 0.2) is 34.5 Å². The average molecular weight is 482 g/mol. The monoisotopic (exact) mass is 481 g/mol. The third-order valence-electron chi connectivity index (χ3n) is 7.09. The minimum absolute atomic E-state index is 0.109. The molecule has 7 heteroatoms. The number of ether oxygens (including phenoxy) is 5. The van der Waals surface area contributed by atoms with Crippen molar-refractivity contribution in [1.82, 2.24) is 0 Å². The topological polar surface area (TPSA) is 69.6 Å². The first-order chi connectivity index (χ1) is 17.6. The number of nitrogens with zero attached hydrogens (tertiary/aromatic N) is 1. The van der Waals surface area contributed by atoms with Crippen molar-refractivity contribution in [3.05, 3.63) is 71.8 Å². The molecule has 0 spiro atoms. The van der Waals surface area contributed by atoms with Crippen molar-refractivity contribution in [2.75, 3.05) is 32.6 Å². The van der Waals surface area contributed by atoms with Gasteiger partial charge in [0.25, 0.3) is 0 Å². The molecular formula is C29H23NO6. The number of phenolic OH excluding ortho intramolecular Hbond substituents is 1. The zero-order valence-corrected chi connectivity index (χ0v) is 19.8. The van der Waals surface area contributed by atoms with Crippen LogP contribution < -0.4 is 28.6 Å². The fourth-order valence-corrected chi connectivity index (χ4v) is 5.38. The Bertz CT molecular complexity index is 1580. The molecule has 0 bridgehead atoms. The summed E-state index contributed by atoms with van der Waals surface area (Å²) in [6.07, 6.45) is 4.17. The van der Waals surface area contributed by atoms with Gasteiger partial charge in [0.1, 0.15) is 0 Å². The van der Waals surface area contributed by atoms with Crippen LogP contribution in [-0.4, -0.2) is 32.8 Å². The number of rotatable bonds is 3. The quantitative estimate of drug-likeness (QED) is 0.392. The Kier molecular flexibility index (Phi) is 4.48. The van der Waals surface area contributed by atoms with Gasteiger partial charge in [-0.1, -0.05) is 30.4 Å². The lowest BCUT2D eigenvalue weighted by atomic mass is 9.85. The second-order valence-corrected chi connectivity index (χ2v) is 9.00. The summed E-state index contributed by atoms with van der Waals surface area (Å²) in [5.41, 5.74) is 5.30. The Balaban J connectivity index is 1.43. The highest BCUT2D eigenvalue weighted by Crippen LogP contribution is 2.54. The first kappa shape index (κ1) is 20.8. The van der Waals surface area contributed by atoms with Crippen molar-refractivity contribution in [3.63, 3.8) is 0 Å². The van der Waals surface area contributed by atoms with Gasteiger partial charge in [-0.3, -0.25) is 0 Å². The van der Waals surface area contributed by atoms with E-state index in [-0.39, 0.29) is 25.4 Å². The van der Waals surface area contributed by atoms with E-state index in [1.165, 1.54) is 0 Å². The van der Waals surface area contributed by atoms with Crippen molar-refractivity contribution >= 4 is 22.5 Å². The van der Waals surface area contributed by atoms with E-state index in [0.29, 0.717) is 5.75 Å². The number of fused-ring (bicyclic) bond motifs is 8. The summed E-state index contributed by atoms with van der Waals surface area (Å²) < 4.78 is 28.3. The zero-order valence-electron chi connectivity index (χ0n) is 19.8. The number of methoxy groups -OCH3 is 1. The fourth-order valence-electron chi connectivity index (χ4n) is 5.38. The summed E-state index contributed by atoms with van der Waals surface area (Å²) in [6.45, 7) is 0.437. The summed E-state index contributed by atoms with van der Waals surface area (Å²) >= 11 is 0. The zero-order chi connectivity index (χ0) is 24.4. The van der Waals surface area contributed by atoms with Crippen LogP contribution in [0.1, 0.15) is 17.2 Å². The molecule has 4 aromatic carbocycles. The lowest BCUT2D eigenvalue weighted by Gasteiger charge is -2.37. The van der Waals surface area contributed by atoms with Gasteiger partial charge in [0, 0.05) is 23.6 Å². The summed E-state index contributed by atoms with van der Waals surface area (Å²) in [7, 11) is 3.63. The summed E-state index contributed by atoms with van der Waals surface area (Å²) in [6, 6.07) is 17.6. The van der Waals surface area contributed by atoms with Gasteiger partial charge in [-0.15, -0.1) is 0 Å². The number of aromatic hydroxyl groups is 1. The molecule has 36 heavy (non-hydrogen) atoms. The predicted molar refractivity (Wildman–Crippen MR) is 136 cm³/mol. The molecule has 0 saturated carbocycles. The number of hydrogen-bond donors (Lipinski definition) is 1. The van der Waals surface area contributed by atoms with Gasteiger partial charge >= 0.3 is 0 Å². The summed E-state index contributed by atoms with van der Waals surface area (Å²) in [5, 5.41) is 12.2. The summed E-state index contributed by atoms with van der Waals surface area (Å²) in [4.78, 5) is 2.26. The summed E-state index contributed by atoms with van der Waals surface area (Å²) in [5.74, 6) is 3.58. The Hall–Kier alpha value is -4.52. The predicted octanol–water partition coefficient (Wildman–Crippen LogP) is 5.88. The van der Waals surface area contributed by atoms with Crippen LogP contribution >= 0.6 is 0 Å². The van der Waals surface area contributed by atoms with E-state index in [2.05, 4.69) is 42.3 Å². The minimum Gasteiger partial charge on any atom is -0.504 e. The third-order valence-corrected chi connectivity index (χ3v) is 7.09. The normalized spacial score (nSPS) is 16.9. The second-order valence-electron chi connectivity index (χ2n) is 9.00. The van der Waals surface area contributed by atoms with Gasteiger partial charge in [-0.05, 0) is 52.9 Å². The van der Waals surface area contributed by atoms with Gasteiger partial charge < -0.3 is 33.7 Å². The van der Waals surface area contributed by atoms with Gasteiger partial charge in [0.2, 0.25) is 13.6 Å². The van der Waals surface area contributed by atoms with Crippen LogP contribution in [0.2, 0.25) is 0 Å². The van der Waals surface area contributed by atoms with Crippen molar-refractivity contribution < 1.29 is 28.8 Å².